The van der Waals surface area contributed by atoms with Gasteiger partial charge in [-0.25, -0.2) is 13.6 Å². The van der Waals surface area contributed by atoms with Gasteiger partial charge in [0.05, 0.1) is 25.2 Å². The van der Waals surface area contributed by atoms with Gasteiger partial charge in [-0.3, -0.25) is 0 Å². The third-order valence-electron chi connectivity index (χ3n) is 3.28. The summed E-state index contributed by atoms with van der Waals surface area (Å²) in [7, 11) is 0. The molecule has 0 unspecified atom stereocenters. The number of aliphatic hydroxyl groups is 2. The van der Waals surface area contributed by atoms with Gasteiger partial charge in [-0.1, -0.05) is 0 Å². The Morgan fingerprint density at radius 1 is 1.32 bits per heavy atom. The van der Waals surface area contributed by atoms with Crippen molar-refractivity contribution < 1.29 is 28.5 Å². The van der Waals surface area contributed by atoms with Crippen LogP contribution in [0.5, 0.6) is 0 Å². The molecule has 0 saturated carbocycles. The fourth-order valence-electron chi connectivity index (χ4n) is 1.94. The Labute approximate surface area is 111 Å². The Morgan fingerprint density at radius 2 is 1.84 bits per heavy atom. The molecule has 7 heteroatoms. The highest BCUT2D eigenvalue weighted by Crippen LogP contribution is 2.43. The Kier molecular flexibility index (Phi) is 4.41. The summed E-state index contributed by atoms with van der Waals surface area (Å²) in [5.41, 5.74) is -2.62. The topological polar surface area (TPSA) is 70.0 Å². The minimum absolute atomic E-state index is 0.0195. The van der Waals surface area contributed by atoms with Gasteiger partial charge in [-0.15, -0.1) is 0 Å². The molecule has 1 saturated heterocycles. The Morgan fingerprint density at radius 3 is 2.21 bits per heavy atom. The second-order valence-electron chi connectivity index (χ2n) is 5.95. The van der Waals surface area contributed by atoms with E-state index in [0.29, 0.717) is 0 Å². The Bertz CT molecular complexity index is 337. The minimum Gasteiger partial charge on any atom is -0.444 e. The zero-order valence-electron chi connectivity index (χ0n) is 11.4. The number of carbonyl (C=O) groups excluding carboxylic acids is 1. The van der Waals surface area contributed by atoms with E-state index in [1.807, 2.05) is 0 Å². The normalized spacial score (nSPS) is 22.2. The maximum Gasteiger partial charge on any atom is 0.410 e. The Balaban J connectivity index is 2.79. The summed E-state index contributed by atoms with van der Waals surface area (Å²) in [5, 5.41) is 18.2. The van der Waals surface area contributed by atoms with E-state index in [0.717, 1.165) is 4.90 Å². The predicted molar refractivity (Wildman–Crippen MR) is 64.0 cm³/mol. The highest BCUT2D eigenvalue weighted by Gasteiger charge is 2.57. The number of rotatable bonds is 2. The molecule has 1 aliphatic heterocycles. The second-order valence-corrected chi connectivity index (χ2v) is 5.95. The van der Waals surface area contributed by atoms with Crippen LogP contribution in [0.3, 0.4) is 0 Å². The van der Waals surface area contributed by atoms with Crippen LogP contribution in [-0.2, 0) is 4.74 Å². The standard InChI is InChI=1S/C12H21F2NO4/c1-10(2,3)19-9(18)15-5-4-11(7-16,8-17)12(13,14)6-15/h16-17H,4-8H2,1-3H3. The van der Waals surface area contributed by atoms with Crippen LogP contribution >= 0.6 is 0 Å². The monoisotopic (exact) mass is 281 g/mol. The molecule has 112 valence electrons. The maximum absolute atomic E-state index is 14.0. The van der Waals surface area contributed by atoms with Crippen molar-refractivity contribution in [3.05, 3.63) is 0 Å². The lowest BCUT2D eigenvalue weighted by molar-refractivity contribution is -0.196. The number of aliphatic hydroxyl groups excluding tert-OH is 2. The van der Waals surface area contributed by atoms with Crippen LogP contribution in [0, 0.1) is 5.41 Å². The van der Waals surface area contributed by atoms with E-state index in [9.17, 15) is 13.6 Å². The molecule has 1 rings (SSSR count). The van der Waals surface area contributed by atoms with E-state index in [4.69, 9.17) is 14.9 Å². The van der Waals surface area contributed by atoms with Gasteiger partial charge in [0.1, 0.15) is 5.60 Å². The molecule has 1 fully saturated rings. The van der Waals surface area contributed by atoms with Gasteiger partial charge >= 0.3 is 6.09 Å². The van der Waals surface area contributed by atoms with Gasteiger partial charge < -0.3 is 19.8 Å². The zero-order valence-corrected chi connectivity index (χ0v) is 11.4. The summed E-state index contributed by atoms with van der Waals surface area (Å²) in [6, 6.07) is 0. The van der Waals surface area contributed by atoms with Crippen LogP contribution in [0.25, 0.3) is 0 Å². The lowest BCUT2D eigenvalue weighted by Gasteiger charge is -2.45. The first kappa shape index (κ1) is 16.1. The van der Waals surface area contributed by atoms with E-state index < -0.39 is 42.8 Å². The molecule has 0 atom stereocenters. The number of halogens is 2. The molecule has 1 amide bonds. The summed E-state index contributed by atoms with van der Waals surface area (Å²) >= 11 is 0. The number of piperidine rings is 1. The maximum atomic E-state index is 14.0. The van der Waals surface area contributed by atoms with Crippen molar-refractivity contribution in [2.24, 2.45) is 5.41 Å². The van der Waals surface area contributed by atoms with Crippen molar-refractivity contribution in [3.63, 3.8) is 0 Å². The number of alkyl halides is 2. The largest absolute Gasteiger partial charge is 0.444 e. The molecule has 1 heterocycles. The molecule has 0 aromatic heterocycles. The number of amides is 1. The van der Waals surface area contributed by atoms with Gasteiger partial charge in [-0.2, -0.15) is 0 Å². The van der Waals surface area contributed by atoms with Crippen molar-refractivity contribution in [2.75, 3.05) is 26.3 Å². The van der Waals surface area contributed by atoms with Crippen LogP contribution in [0.2, 0.25) is 0 Å². The first-order valence-corrected chi connectivity index (χ1v) is 6.14. The fraction of sp³-hybridized carbons (Fsp3) is 0.917. The molecule has 0 radical (unpaired) electrons. The molecule has 0 bridgehead atoms. The lowest BCUT2D eigenvalue weighted by Crippen LogP contribution is -2.60. The van der Waals surface area contributed by atoms with E-state index in [1.54, 1.807) is 20.8 Å². The molecule has 0 aromatic carbocycles. The number of carbonyl (C=O) groups is 1. The van der Waals surface area contributed by atoms with Gasteiger partial charge in [-0.05, 0) is 27.2 Å². The summed E-state index contributed by atoms with van der Waals surface area (Å²) in [6.07, 6.45) is -0.983. The highest BCUT2D eigenvalue weighted by atomic mass is 19.3. The third-order valence-corrected chi connectivity index (χ3v) is 3.28. The van der Waals surface area contributed by atoms with Crippen LogP contribution in [0.1, 0.15) is 27.2 Å². The molecule has 0 spiro atoms. The SMILES string of the molecule is CC(C)(C)OC(=O)N1CCC(CO)(CO)C(F)(F)C1. The van der Waals surface area contributed by atoms with Crippen molar-refractivity contribution in [2.45, 2.75) is 38.7 Å². The highest BCUT2D eigenvalue weighted by molar-refractivity contribution is 5.68. The summed E-state index contributed by atoms with van der Waals surface area (Å²) in [4.78, 5) is 12.6. The number of hydrogen-bond acceptors (Lipinski definition) is 4. The first-order chi connectivity index (χ1) is 8.57. The number of nitrogens with zero attached hydrogens (tertiary/aromatic N) is 1. The molecule has 19 heavy (non-hydrogen) atoms. The van der Waals surface area contributed by atoms with Gasteiger partial charge in [0.15, 0.2) is 0 Å². The van der Waals surface area contributed by atoms with Crippen molar-refractivity contribution in [1.82, 2.24) is 4.90 Å². The van der Waals surface area contributed by atoms with Gasteiger partial charge in [0, 0.05) is 6.54 Å². The van der Waals surface area contributed by atoms with Crippen molar-refractivity contribution in [1.29, 1.82) is 0 Å². The Hall–Kier alpha value is -0.950. The molecule has 0 aromatic rings. The van der Waals surface area contributed by atoms with E-state index in [1.165, 1.54) is 0 Å². The van der Waals surface area contributed by atoms with E-state index >= 15 is 0 Å². The first-order valence-electron chi connectivity index (χ1n) is 6.14. The molecular formula is C12H21F2NO4. The zero-order chi connectivity index (χ0) is 14.9. The number of ether oxygens (including phenoxy) is 1. The van der Waals surface area contributed by atoms with E-state index in [2.05, 4.69) is 0 Å². The van der Waals surface area contributed by atoms with E-state index in [-0.39, 0.29) is 13.0 Å². The quantitative estimate of drug-likeness (QED) is 0.799. The van der Waals surface area contributed by atoms with Gasteiger partial charge in [0.2, 0.25) is 0 Å². The molecular weight excluding hydrogens is 260 g/mol. The smallest absolute Gasteiger partial charge is 0.410 e. The van der Waals surface area contributed by atoms with Crippen LogP contribution < -0.4 is 0 Å². The molecule has 5 nitrogen and oxygen atoms in total. The van der Waals surface area contributed by atoms with Crippen molar-refractivity contribution >= 4 is 6.09 Å². The summed E-state index contributed by atoms with van der Waals surface area (Å²) in [5.74, 6) is -3.36. The lowest BCUT2D eigenvalue weighted by atomic mass is 9.76. The predicted octanol–water partition coefficient (Wildman–Crippen LogP) is 1.23. The number of hydrogen-bond donors (Lipinski definition) is 2. The molecule has 1 aliphatic rings. The van der Waals surface area contributed by atoms with Crippen molar-refractivity contribution in [3.8, 4) is 0 Å². The fourth-order valence-corrected chi connectivity index (χ4v) is 1.94. The summed E-state index contributed by atoms with van der Waals surface area (Å²) < 4.78 is 33.0. The second kappa shape index (κ2) is 5.20. The molecule has 2 N–H and O–H groups in total. The van der Waals surface area contributed by atoms with Crippen LogP contribution in [-0.4, -0.2) is 59.0 Å². The molecule has 0 aliphatic carbocycles. The summed E-state index contributed by atoms with van der Waals surface area (Å²) in [6.45, 7) is 2.47. The minimum atomic E-state index is -3.36. The average molecular weight is 281 g/mol. The number of likely N-dealkylation sites (tertiary alicyclic amines) is 1. The van der Waals surface area contributed by atoms with Crippen LogP contribution in [0.15, 0.2) is 0 Å². The van der Waals surface area contributed by atoms with Gasteiger partial charge in [0.25, 0.3) is 5.92 Å². The van der Waals surface area contributed by atoms with Crippen LogP contribution in [0.4, 0.5) is 13.6 Å². The average Bonchev–Trinajstić information content (AvgIpc) is 2.26. The third kappa shape index (κ3) is 3.33.